The molecule has 0 aliphatic rings. The molecule has 118 valence electrons. The summed E-state index contributed by atoms with van der Waals surface area (Å²) < 4.78 is 4.53. The SMILES string of the molecule is CCCCn1cc(-c2ccc(Br)cc2)c(-c2ccc(Br)cc2)c1. The van der Waals surface area contributed by atoms with Gasteiger partial charge in [0.05, 0.1) is 0 Å². The maximum atomic E-state index is 3.52. The monoisotopic (exact) mass is 431 g/mol. The van der Waals surface area contributed by atoms with E-state index in [1.54, 1.807) is 0 Å². The third-order valence-corrected chi connectivity index (χ3v) is 5.02. The standard InChI is InChI=1S/C20H19Br2N/c1-2-3-12-23-13-19(15-4-8-17(21)9-5-15)20(14-23)16-6-10-18(22)11-7-16/h4-11,13-14H,2-3,12H2,1H3. The zero-order valence-corrected chi connectivity index (χ0v) is 16.3. The Hall–Kier alpha value is -1.32. The number of aromatic nitrogens is 1. The van der Waals surface area contributed by atoms with Gasteiger partial charge in [0.25, 0.3) is 0 Å². The summed E-state index contributed by atoms with van der Waals surface area (Å²) in [6.07, 6.45) is 6.96. The fourth-order valence-corrected chi connectivity index (χ4v) is 3.23. The predicted molar refractivity (Wildman–Crippen MR) is 106 cm³/mol. The number of rotatable bonds is 5. The number of nitrogens with zero attached hydrogens (tertiary/aromatic N) is 1. The smallest absolute Gasteiger partial charge is 0.0220 e. The molecular formula is C20H19Br2N. The molecule has 1 nitrogen and oxygen atoms in total. The molecule has 3 aromatic rings. The van der Waals surface area contributed by atoms with E-state index in [2.05, 4.69) is 104 Å². The van der Waals surface area contributed by atoms with Crippen molar-refractivity contribution in [2.24, 2.45) is 0 Å². The predicted octanol–water partition coefficient (Wildman–Crippen LogP) is 7.15. The van der Waals surface area contributed by atoms with Crippen LogP contribution >= 0.6 is 31.9 Å². The molecule has 1 heterocycles. The minimum Gasteiger partial charge on any atom is -0.353 e. The highest BCUT2D eigenvalue weighted by molar-refractivity contribution is 9.10. The normalized spacial score (nSPS) is 10.9. The van der Waals surface area contributed by atoms with Crippen LogP contribution in [0, 0.1) is 0 Å². The zero-order valence-electron chi connectivity index (χ0n) is 13.1. The van der Waals surface area contributed by atoms with Crippen molar-refractivity contribution in [2.75, 3.05) is 0 Å². The van der Waals surface area contributed by atoms with Gasteiger partial charge in [0.15, 0.2) is 0 Å². The fourth-order valence-electron chi connectivity index (χ4n) is 2.70. The van der Waals surface area contributed by atoms with Gasteiger partial charge in [0.2, 0.25) is 0 Å². The lowest BCUT2D eigenvalue weighted by Crippen LogP contribution is -1.92. The van der Waals surface area contributed by atoms with E-state index in [9.17, 15) is 0 Å². The van der Waals surface area contributed by atoms with Gasteiger partial charge >= 0.3 is 0 Å². The second-order valence-electron chi connectivity index (χ2n) is 5.69. The quantitative estimate of drug-likeness (QED) is 0.403. The average molecular weight is 433 g/mol. The molecule has 0 radical (unpaired) electrons. The molecule has 3 heteroatoms. The molecule has 3 rings (SSSR count). The molecule has 0 aliphatic heterocycles. The number of unbranched alkanes of at least 4 members (excludes halogenated alkanes) is 1. The van der Waals surface area contributed by atoms with E-state index >= 15 is 0 Å². The van der Waals surface area contributed by atoms with Gasteiger partial charge < -0.3 is 4.57 Å². The molecule has 2 aromatic carbocycles. The lowest BCUT2D eigenvalue weighted by atomic mass is 9.99. The Morgan fingerprint density at radius 1 is 0.739 bits per heavy atom. The van der Waals surface area contributed by atoms with Crippen molar-refractivity contribution >= 4 is 31.9 Å². The van der Waals surface area contributed by atoms with Crippen LogP contribution in [0.25, 0.3) is 22.3 Å². The van der Waals surface area contributed by atoms with Crippen molar-refractivity contribution in [1.29, 1.82) is 0 Å². The maximum Gasteiger partial charge on any atom is 0.0220 e. The third kappa shape index (κ3) is 3.96. The van der Waals surface area contributed by atoms with Crippen LogP contribution in [0.5, 0.6) is 0 Å². The van der Waals surface area contributed by atoms with Crippen LogP contribution in [0.15, 0.2) is 69.9 Å². The Morgan fingerprint density at radius 3 is 1.57 bits per heavy atom. The molecule has 0 saturated heterocycles. The summed E-state index contributed by atoms with van der Waals surface area (Å²) in [7, 11) is 0. The summed E-state index contributed by atoms with van der Waals surface area (Å²) in [5.74, 6) is 0. The van der Waals surface area contributed by atoms with Crippen molar-refractivity contribution in [1.82, 2.24) is 4.57 Å². The van der Waals surface area contributed by atoms with Gasteiger partial charge in [-0.15, -0.1) is 0 Å². The summed E-state index contributed by atoms with van der Waals surface area (Å²) >= 11 is 7.04. The van der Waals surface area contributed by atoms with Crippen LogP contribution in [0.3, 0.4) is 0 Å². The minimum atomic E-state index is 1.07. The van der Waals surface area contributed by atoms with E-state index in [1.165, 1.54) is 35.1 Å². The van der Waals surface area contributed by atoms with Gasteiger partial charge in [0.1, 0.15) is 0 Å². The summed E-state index contributed by atoms with van der Waals surface area (Å²) in [6, 6.07) is 17.1. The Labute approximate surface area is 154 Å². The number of hydrogen-bond acceptors (Lipinski definition) is 0. The maximum absolute atomic E-state index is 3.52. The molecule has 0 bridgehead atoms. The molecule has 0 fully saturated rings. The van der Waals surface area contributed by atoms with E-state index < -0.39 is 0 Å². The van der Waals surface area contributed by atoms with Gasteiger partial charge in [0, 0.05) is 39.0 Å². The van der Waals surface area contributed by atoms with Crippen molar-refractivity contribution in [3.05, 3.63) is 69.9 Å². The van der Waals surface area contributed by atoms with E-state index in [1.807, 2.05) is 0 Å². The van der Waals surface area contributed by atoms with Crippen LogP contribution < -0.4 is 0 Å². The molecule has 1 aromatic heterocycles. The molecule has 0 atom stereocenters. The Morgan fingerprint density at radius 2 is 1.17 bits per heavy atom. The first-order valence-electron chi connectivity index (χ1n) is 7.89. The highest BCUT2D eigenvalue weighted by Gasteiger charge is 2.11. The highest BCUT2D eigenvalue weighted by Crippen LogP contribution is 2.34. The lowest BCUT2D eigenvalue weighted by molar-refractivity contribution is 0.635. The van der Waals surface area contributed by atoms with Crippen LogP contribution in [0.4, 0.5) is 0 Å². The first-order valence-corrected chi connectivity index (χ1v) is 9.47. The van der Waals surface area contributed by atoms with E-state index in [4.69, 9.17) is 0 Å². The number of aryl methyl sites for hydroxylation is 1. The van der Waals surface area contributed by atoms with Gasteiger partial charge in [-0.25, -0.2) is 0 Å². The van der Waals surface area contributed by atoms with Gasteiger partial charge in [-0.1, -0.05) is 69.5 Å². The molecule has 0 unspecified atom stereocenters. The average Bonchev–Trinajstić information content (AvgIpc) is 2.98. The Balaban J connectivity index is 2.06. The molecule has 0 spiro atoms. The third-order valence-electron chi connectivity index (χ3n) is 3.96. The van der Waals surface area contributed by atoms with E-state index in [-0.39, 0.29) is 0 Å². The van der Waals surface area contributed by atoms with E-state index in [0.717, 1.165) is 15.5 Å². The molecule has 23 heavy (non-hydrogen) atoms. The zero-order chi connectivity index (χ0) is 16.2. The number of benzene rings is 2. The Bertz CT molecular complexity index is 707. The van der Waals surface area contributed by atoms with Crippen molar-refractivity contribution in [3.63, 3.8) is 0 Å². The highest BCUT2D eigenvalue weighted by atomic mass is 79.9. The second kappa shape index (κ2) is 7.50. The number of halogens is 2. The van der Waals surface area contributed by atoms with Crippen molar-refractivity contribution in [3.8, 4) is 22.3 Å². The molecule has 0 N–H and O–H groups in total. The van der Waals surface area contributed by atoms with Crippen molar-refractivity contribution in [2.45, 2.75) is 26.3 Å². The minimum absolute atomic E-state index is 1.07. The summed E-state index contributed by atoms with van der Waals surface area (Å²) in [5, 5.41) is 0. The van der Waals surface area contributed by atoms with Crippen molar-refractivity contribution < 1.29 is 0 Å². The summed E-state index contributed by atoms with van der Waals surface area (Å²) in [6.45, 7) is 3.30. The van der Waals surface area contributed by atoms with Gasteiger partial charge in [-0.2, -0.15) is 0 Å². The lowest BCUT2D eigenvalue weighted by Gasteiger charge is -2.05. The van der Waals surface area contributed by atoms with Crippen LogP contribution in [-0.4, -0.2) is 4.57 Å². The topological polar surface area (TPSA) is 4.93 Å². The molecular weight excluding hydrogens is 414 g/mol. The first-order chi connectivity index (χ1) is 11.2. The molecule has 0 aliphatic carbocycles. The van der Waals surface area contributed by atoms with Gasteiger partial charge in [-0.3, -0.25) is 0 Å². The largest absolute Gasteiger partial charge is 0.353 e. The summed E-state index contributed by atoms with van der Waals surface area (Å²) in [4.78, 5) is 0. The second-order valence-corrected chi connectivity index (χ2v) is 7.52. The van der Waals surface area contributed by atoms with Crippen LogP contribution in [0.2, 0.25) is 0 Å². The molecule has 0 saturated carbocycles. The Kier molecular flexibility index (Phi) is 5.39. The van der Waals surface area contributed by atoms with Crippen LogP contribution in [-0.2, 0) is 6.54 Å². The van der Waals surface area contributed by atoms with E-state index in [0.29, 0.717) is 0 Å². The number of hydrogen-bond donors (Lipinski definition) is 0. The fraction of sp³-hybridized carbons (Fsp3) is 0.200. The van der Waals surface area contributed by atoms with Crippen LogP contribution in [0.1, 0.15) is 19.8 Å². The van der Waals surface area contributed by atoms with Gasteiger partial charge in [-0.05, 0) is 41.8 Å². The first kappa shape index (κ1) is 16.5. The molecule has 0 amide bonds. The summed E-state index contributed by atoms with van der Waals surface area (Å²) in [5.41, 5.74) is 5.08.